The molecule has 1 aromatic rings. The van der Waals surface area contributed by atoms with E-state index >= 15 is 0 Å². The Bertz CT molecular complexity index is 520. The van der Waals surface area contributed by atoms with E-state index in [0.29, 0.717) is 19.6 Å². The highest BCUT2D eigenvalue weighted by Gasteiger charge is 2.28. The summed E-state index contributed by atoms with van der Waals surface area (Å²) in [4.78, 5) is 28.4. The van der Waals surface area contributed by atoms with Crippen molar-refractivity contribution in [3.8, 4) is 0 Å². The maximum Gasteiger partial charge on any atom is 0.234 e. The minimum Gasteiger partial charge on any atom is -0.467 e. The average molecular weight is 321 g/mol. The Kier molecular flexibility index (Phi) is 5.82. The van der Waals surface area contributed by atoms with Gasteiger partial charge in [0.15, 0.2) is 0 Å². The average Bonchev–Trinajstić information content (AvgIpc) is 2.90. The fraction of sp³-hybridized carbons (Fsp3) is 0.647. The van der Waals surface area contributed by atoms with Gasteiger partial charge in [0.2, 0.25) is 11.8 Å². The molecule has 0 aromatic carbocycles. The molecule has 0 atom stereocenters. The number of rotatable bonds is 4. The number of hydrogen-bond donors (Lipinski definition) is 1. The highest BCUT2D eigenvalue weighted by Crippen LogP contribution is 2.18. The van der Waals surface area contributed by atoms with E-state index in [0.717, 1.165) is 31.8 Å². The van der Waals surface area contributed by atoms with Crippen LogP contribution in [0, 0.1) is 5.41 Å². The number of furan rings is 1. The summed E-state index contributed by atoms with van der Waals surface area (Å²) in [7, 11) is 0. The Labute approximate surface area is 137 Å². The van der Waals surface area contributed by atoms with Crippen LogP contribution >= 0.6 is 0 Å². The van der Waals surface area contributed by atoms with Crippen molar-refractivity contribution in [1.82, 2.24) is 15.1 Å². The molecule has 0 bridgehead atoms. The third-order valence-corrected chi connectivity index (χ3v) is 3.92. The monoisotopic (exact) mass is 321 g/mol. The first-order chi connectivity index (χ1) is 10.9. The summed E-state index contributed by atoms with van der Waals surface area (Å²) >= 11 is 0. The molecule has 0 radical (unpaired) electrons. The van der Waals surface area contributed by atoms with E-state index in [1.807, 2.05) is 31.7 Å². The molecule has 1 fully saturated rings. The van der Waals surface area contributed by atoms with Gasteiger partial charge < -0.3 is 14.6 Å². The molecule has 2 heterocycles. The third-order valence-electron chi connectivity index (χ3n) is 3.92. The van der Waals surface area contributed by atoms with Gasteiger partial charge in [0.05, 0.1) is 19.4 Å². The molecule has 0 aliphatic carbocycles. The largest absolute Gasteiger partial charge is 0.467 e. The summed E-state index contributed by atoms with van der Waals surface area (Å²) in [6.45, 7) is 9.62. The van der Waals surface area contributed by atoms with Gasteiger partial charge in [-0.05, 0) is 18.6 Å². The number of nitrogens with one attached hydrogen (secondary N) is 1. The lowest BCUT2D eigenvalue weighted by Crippen LogP contribution is -2.42. The first-order valence-electron chi connectivity index (χ1n) is 8.17. The molecule has 2 amide bonds. The van der Waals surface area contributed by atoms with E-state index in [2.05, 4.69) is 10.2 Å². The SMILES string of the molecule is CC(C)(C)C(=O)N1CCCN(CC(=O)NCc2ccco2)CC1. The van der Waals surface area contributed by atoms with Gasteiger partial charge in [-0.15, -0.1) is 0 Å². The lowest BCUT2D eigenvalue weighted by Gasteiger charge is -2.28. The Morgan fingerprint density at radius 2 is 2.00 bits per heavy atom. The second kappa shape index (κ2) is 7.64. The lowest BCUT2D eigenvalue weighted by atomic mass is 9.94. The fourth-order valence-corrected chi connectivity index (χ4v) is 2.66. The number of amides is 2. The van der Waals surface area contributed by atoms with E-state index < -0.39 is 0 Å². The normalized spacial score (nSPS) is 16.9. The van der Waals surface area contributed by atoms with Gasteiger partial charge in [0.1, 0.15) is 5.76 Å². The molecular weight excluding hydrogens is 294 g/mol. The molecule has 0 saturated carbocycles. The lowest BCUT2D eigenvalue weighted by molar-refractivity contribution is -0.139. The van der Waals surface area contributed by atoms with Crippen LogP contribution in [-0.4, -0.2) is 54.3 Å². The van der Waals surface area contributed by atoms with Crippen LogP contribution in [-0.2, 0) is 16.1 Å². The molecule has 2 rings (SSSR count). The minimum atomic E-state index is -0.352. The Morgan fingerprint density at radius 1 is 1.22 bits per heavy atom. The summed E-state index contributed by atoms with van der Waals surface area (Å²) in [6.07, 6.45) is 2.49. The van der Waals surface area contributed by atoms with Gasteiger partial charge in [0.25, 0.3) is 0 Å². The van der Waals surface area contributed by atoms with E-state index in [1.54, 1.807) is 12.3 Å². The number of hydrogen-bond acceptors (Lipinski definition) is 4. The molecule has 128 valence electrons. The summed E-state index contributed by atoms with van der Waals surface area (Å²) in [5, 5.41) is 2.86. The van der Waals surface area contributed by atoms with Gasteiger partial charge in [-0.2, -0.15) is 0 Å². The van der Waals surface area contributed by atoms with Crippen LogP contribution in [0.2, 0.25) is 0 Å². The first kappa shape index (κ1) is 17.5. The molecule has 0 spiro atoms. The van der Waals surface area contributed by atoms with Crippen molar-refractivity contribution in [1.29, 1.82) is 0 Å². The third kappa shape index (κ3) is 5.39. The van der Waals surface area contributed by atoms with E-state index in [-0.39, 0.29) is 17.2 Å². The van der Waals surface area contributed by atoms with E-state index in [9.17, 15) is 9.59 Å². The number of carbonyl (C=O) groups is 2. The predicted molar refractivity (Wildman–Crippen MR) is 87.6 cm³/mol. The second-order valence-corrected chi connectivity index (χ2v) is 7.03. The van der Waals surface area contributed by atoms with Gasteiger partial charge in [-0.25, -0.2) is 0 Å². The quantitative estimate of drug-likeness (QED) is 0.912. The predicted octanol–water partition coefficient (Wildman–Crippen LogP) is 1.48. The van der Waals surface area contributed by atoms with Crippen LogP contribution in [0.5, 0.6) is 0 Å². The van der Waals surface area contributed by atoms with Crippen LogP contribution in [0.1, 0.15) is 33.0 Å². The summed E-state index contributed by atoms with van der Waals surface area (Å²) < 4.78 is 5.19. The Balaban J connectivity index is 1.77. The topological polar surface area (TPSA) is 65.8 Å². The van der Waals surface area contributed by atoms with Crippen LogP contribution in [0.4, 0.5) is 0 Å². The van der Waals surface area contributed by atoms with Crippen molar-refractivity contribution >= 4 is 11.8 Å². The molecule has 1 aliphatic heterocycles. The number of nitrogens with zero attached hydrogens (tertiary/aromatic N) is 2. The molecular formula is C17H27N3O3. The van der Waals surface area contributed by atoms with Gasteiger partial charge in [0, 0.05) is 31.6 Å². The molecule has 1 N–H and O–H groups in total. The minimum absolute atomic E-state index is 0.0167. The molecule has 1 aromatic heterocycles. The molecule has 0 unspecified atom stereocenters. The summed E-state index contributed by atoms with van der Waals surface area (Å²) in [5.41, 5.74) is -0.352. The van der Waals surface area contributed by atoms with Crippen molar-refractivity contribution in [2.45, 2.75) is 33.7 Å². The van der Waals surface area contributed by atoms with Gasteiger partial charge in [-0.1, -0.05) is 20.8 Å². The Morgan fingerprint density at radius 3 is 2.65 bits per heavy atom. The van der Waals surface area contributed by atoms with Crippen LogP contribution in [0.15, 0.2) is 22.8 Å². The van der Waals surface area contributed by atoms with Crippen molar-refractivity contribution in [2.75, 3.05) is 32.7 Å². The van der Waals surface area contributed by atoms with Crippen LogP contribution < -0.4 is 5.32 Å². The molecule has 6 heteroatoms. The highest BCUT2D eigenvalue weighted by molar-refractivity contribution is 5.81. The standard InChI is InChI=1S/C17H27N3O3/c1-17(2,3)16(22)20-8-5-7-19(9-10-20)13-15(21)18-12-14-6-4-11-23-14/h4,6,11H,5,7-10,12-13H2,1-3H3,(H,18,21). The second-order valence-electron chi connectivity index (χ2n) is 7.03. The zero-order valence-corrected chi connectivity index (χ0v) is 14.3. The van der Waals surface area contributed by atoms with Crippen molar-refractivity contribution in [3.05, 3.63) is 24.2 Å². The van der Waals surface area contributed by atoms with Crippen LogP contribution in [0.3, 0.4) is 0 Å². The van der Waals surface area contributed by atoms with Crippen LogP contribution in [0.25, 0.3) is 0 Å². The Hall–Kier alpha value is -1.82. The van der Waals surface area contributed by atoms with Gasteiger partial charge >= 0.3 is 0 Å². The fourth-order valence-electron chi connectivity index (χ4n) is 2.66. The summed E-state index contributed by atoms with van der Waals surface area (Å²) in [6, 6.07) is 3.64. The zero-order chi connectivity index (χ0) is 16.9. The maximum absolute atomic E-state index is 12.4. The van der Waals surface area contributed by atoms with E-state index in [4.69, 9.17) is 4.42 Å². The summed E-state index contributed by atoms with van der Waals surface area (Å²) in [5.74, 6) is 0.912. The number of carbonyl (C=O) groups excluding carboxylic acids is 2. The highest BCUT2D eigenvalue weighted by atomic mass is 16.3. The van der Waals surface area contributed by atoms with Crippen molar-refractivity contribution < 1.29 is 14.0 Å². The zero-order valence-electron chi connectivity index (χ0n) is 14.3. The molecule has 6 nitrogen and oxygen atoms in total. The van der Waals surface area contributed by atoms with E-state index in [1.165, 1.54) is 0 Å². The molecule has 1 saturated heterocycles. The molecule has 23 heavy (non-hydrogen) atoms. The van der Waals surface area contributed by atoms with Crippen molar-refractivity contribution in [3.63, 3.8) is 0 Å². The maximum atomic E-state index is 12.4. The molecule has 1 aliphatic rings. The van der Waals surface area contributed by atoms with Crippen molar-refractivity contribution in [2.24, 2.45) is 5.41 Å². The van der Waals surface area contributed by atoms with Gasteiger partial charge in [-0.3, -0.25) is 14.5 Å². The first-order valence-corrected chi connectivity index (χ1v) is 8.17. The smallest absolute Gasteiger partial charge is 0.234 e.